The Morgan fingerprint density at radius 1 is 1.17 bits per heavy atom. The summed E-state index contributed by atoms with van der Waals surface area (Å²) in [6, 6.07) is 12.0. The minimum Gasteiger partial charge on any atom is -0.495 e. The highest BCUT2D eigenvalue weighted by Crippen LogP contribution is 2.27. The van der Waals surface area contributed by atoms with Crippen LogP contribution in [-0.4, -0.2) is 44.7 Å². The maximum Gasteiger partial charge on any atom is 0.251 e. The maximum atomic E-state index is 12.2. The van der Waals surface area contributed by atoms with Crippen LogP contribution in [0.25, 0.3) is 0 Å². The summed E-state index contributed by atoms with van der Waals surface area (Å²) in [6.45, 7) is 1.36. The van der Waals surface area contributed by atoms with Crippen LogP contribution >= 0.6 is 11.6 Å². The number of halogens is 1. The maximum absolute atomic E-state index is 12.2. The third kappa shape index (κ3) is 6.10. The van der Waals surface area contributed by atoms with Gasteiger partial charge in [-0.2, -0.15) is 0 Å². The summed E-state index contributed by atoms with van der Waals surface area (Å²) in [7, 11) is 1.53. The second kappa shape index (κ2) is 10.1. The highest BCUT2D eigenvalue weighted by Gasteiger charge is 2.16. The Bertz CT molecular complexity index is 852. The van der Waals surface area contributed by atoms with Gasteiger partial charge in [0, 0.05) is 30.1 Å². The molecule has 1 atom stereocenters. The van der Waals surface area contributed by atoms with Crippen LogP contribution < -0.4 is 20.7 Å². The number of nitrogens with one attached hydrogen (secondary N) is 3. The first-order chi connectivity index (χ1) is 14.0. The van der Waals surface area contributed by atoms with Crippen molar-refractivity contribution in [1.29, 1.82) is 0 Å². The van der Waals surface area contributed by atoms with Gasteiger partial charge in [0.05, 0.1) is 24.8 Å². The van der Waals surface area contributed by atoms with Crippen LogP contribution in [-0.2, 0) is 9.53 Å². The number of hydrogen-bond donors (Lipinski definition) is 3. The first-order valence-corrected chi connectivity index (χ1v) is 9.80. The summed E-state index contributed by atoms with van der Waals surface area (Å²) in [5, 5.41) is 9.09. The van der Waals surface area contributed by atoms with E-state index in [0.29, 0.717) is 28.6 Å². The molecule has 0 bridgehead atoms. The summed E-state index contributed by atoms with van der Waals surface area (Å²) in [5.74, 6) is 0.188. The Kier molecular flexibility index (Phi) is 7.32. The van der Waals surface area contributed by atoms with Crippen molar-refractivity contribution in [2.24, 2.45) is 0 Å². The summed E-state index contributed by atoms with van der Waals surface area (Å²) < 4.78 is 10.6. The van der Waals surface area contributed by atoms with Gasteiger partial charge >= 0.3 is 0 Å². The molecule has 1 saturated heterocycles. The van der Waals surface area contributed by atoms with Gasteiger partial charge in [-0.3, -0.25) is 9.59 Å². The molecule has 0 saturated carbocycles. The van der Waals surface area contributed by atoms with Crippen molar-refractivity contribution in [3.8, 4) is 5.75 Å². The molecule has 154 valence electrons. The van der Waals surface area contributed by atoms with Crippen LogP contribution in [0, 0.1) is 0 Å². The summed E-state index contributed by atoms with van der Waals surface area (Å²) in [6.07, 6.45) is 2.13. The Morgan fingerprint density at radius 3 is 2.59 bits per heavy atom. The van der Waals surface area contributed by atoms with Crippen LogP contribution in [0.2, 0.25) is 5.02 Å². The van der Waals surface area contributed by atoms with Crippen LogP contribution in [0.15, 0.2) is 42.5 Å². The van der Waals surface area contributed by atoms with E-state index in [-0.39, 0.29) is 24.5 Å². The average Bonchev–Trinajstić information content (AvgIpc) is 3.25. The molecule has 0 aliphatic carbocycles. The van der Waals surface area contributed by atoms with Gasteiger partial charge in [-0.1, -0.05) is 11.6 Å². The predicted octanol–water partition coefficient (Wildman–Crippen LogP) is 3.31. The number of hydrogen-bond acceptors (Lipinski definition) is 5. The highest BCUT2D eigenvalue weighted by atomic mass is 35.5. The molecule has 7 nitrogen and oxygen atoms in total. The van der Waals surface area contributed by atoms with Crippen LogP contribution in [0.3, 0.4) is 0 Å². The van der Waals surface area contributed by atoms with Gasteiger partial charge in [0.25, 0.3) is 5.91 Å². The molecule has 1 aliphatic heterocycles. The van der Waals surface area contributed by atoms with E-state index in [4.69, 9.17) is 21.1 Å². The zero-order valence-corrected chi connectivity index (χ0v) is 16.9. The minimum absolute atomic E-state index is 0.0776. The van der Waals surface area contributed by atoms with Crippen LogP contribution in [0.1, 0.15) is 23.2 Å². The molecule has 1 heterocycles. The molecule has 2 amide bonds. The average molecular weight is 418 g/mol. The number of ether oxygens (including phenoxy) is 2. The summed E-state index contributed by atoms with van der Waals surface area (Å²) in [5.41, 5.74) is 1.88. The second-order valence-electron chi connectivity index (χ2n) is 6.67. The number of anilines is 2. The van der Waals surface area contributed by atoms with E-state index in [9.17, 15) is 9.59 Å². The lowest BCUT2D eigenvalue weighted by molar-refractivity contribution is -0.114. The van der Waals surface area contributed by atoms with E-state index in [1.807, 2.05) is 0 Å². The molecule has 1 fully saturated rings. The van der Waals surface area contributed by atoms with Gasteiger partial charge in [-0.05, 0) is 55.3 Å². The molecule has 29 heavy (non-hydrogen) atoms. The van der Waals surface area contributed by atoms with Gasteiger partial charge in [0.15, 0.2) is 0 Å². The van der Waals surface area contributed by atoms with Gasteiger partial charge in [0.1, 0.15) is 5.75 Å². The normalized spacial score (nSPS) is 15.6. The van der Waals surface area contributed by atoms with Crippen molar-refractivity contribution < 1.29 is 19.1 Å². The van der Waals surface area contributed by atoms with Crippen molar-refractivity contribution in [3.63, 3.8) is 0 Å². The summed E-state index contributed by atoms with van der Waals surface area (Å²) in [4.78, 5) is 24.3. The largest absolute Gasteiger partial charge is 0.495 e. The van der Waals surface area contributed by atoms with E-state index in [1.54, 1.807) is 42.5 Å². The Morgan fingerprint density at radius 2 is 1.93 bits per heavy atom. The van der Waals surface area contributed by atoms with Gasteiger partial charge in [-0.15, -0.1) is 0 Å². The lowest BCUT2D eigenvalue weighted by Gasteiger charge is -2.12. The van der Waals surface area contributed by atoms with Gasteiger partial charge in [-0.25, -0.2) is 0 Å². The van der Waals surface area contributed by atoms with Crippen molar-refractivity contribution in [2.45, 2.75) is 18.9 Å². The monoisotopic (exact) mass is 417 g/mol. The molecule has 8 heteroatoms. The molecule has 0 radical (unpaired) electrons. The zero-order chi connectivity index (χ0) is 20.6. The van der Waals surface area contributed by atoms with E-state index < -0.39 is 0 Å². The number of amides is 2. The Balaban J connectivity index is 1.44. The standard InChI is InChI=1S/C21H24ClN3O4/c1-28-19-9-8-16(11-18(19)22)25-20(26)13-23-15-6-4-14(5-7-15)21(27)24-12-17-3-2-10-29-17/h4-9,11,17,23H,2-3,10,12-13H2,1H3,(H,24,27)(H,25,26). The number of carbonyl (C=O) groups is 2. The smallest absolute Gasteiger partial charge is 0.251 e. The highest BCUT2D eigenvalue weighted by molar-refractivity contribution is 6.32. The van der Waals surface area contributed by atoms with Crippen LogP contribution in [0.5, 0.6) is 5.75 Å². The second-order valence-corrected chi connectivity index (χ2v) is 7.08. The molecule has 1 unspecified atom stereocenters. The molecule has 2 aromatic carbocycles. The lowest BCUT2D eigenvalue weighted by atomic mass is 10.2. The first-order valence-electron chi connectivity index (χ1n) is 9.42. The fraction of sp³-hybridized carbons (Fsp3) is 0.333. The SMILES string of the molecule is COc1ccc(NC(=O)CNc2ccc(C(=O)NCC3CCCO3)cc2)cc1Cl. The van der Waals surface area contributed by atoms with E-state index >= 15 is 0 Å². The predicted molar refractivity (Wildman–Crippen MR) is 113 cm³/mol. The Labute approximate surface area is 174 Å². The molecule has 1 aliphatic rings. The van der Waals surface area contributed by atoms with Crippen molar-refractivity contribution in [1.82, 2.24) is 5.32 Å². The molecular weight excluding hydrogens is 394 g/mol. The first kappa shape index (κ1) is 21.0. The third-order valence-electron chi connectivity index (χ3n) is 4.55. The topological polar surface area (TPSA) is 88.7 Å². The number of benzene rings is 2. The molecule has 0 spiro atoms. The summed E-state index contributed by atoms with van der Waals surface area (Å²) >= 11 is 6.05. The number of carbonyl (C=O) groups excluding carboxylic acids is 2. The third-order valence-corrected chi connectivity index (χ3v) is 4.85. The van der Waals surface area contributed by atoms with E-state index in [0.717, 1.165) is 25.1 Å². The molecule has 3 rings (SSSR count). The fourth-order valence-electron chi connectivity index (χ4n) is 2.99. The van der Waals surface area contributed by atoms with Crippen molar-refractivity contribution in [3.05, 3.63) is 53.1 Å². The lowest BCUT2D eigenvalue weighted by Crippen LogP contribution is -2.31. The fourth-order valence-corrected chi connectivity index (χ4v) is 3.24. The molecule has 2 aromatic rings. The van der Waals surface area contributed by atoms with Crippen molar-refractivity contribution >= 4 is 34.8 Å². The molecule has 0 aromatic heterocycles. The van der Waals surface area contributed by atoms with Gasteiger partial charge < -0.3 is 25.4 Å². The van der Waals surface area contributed by atoms with Crippen molar-refractivity contribution in [2.75, 3.05) is 37.4 Å². The quantitative estimate of drug-likeness (QED) is 0.613. The number of methoxy groups -OCH3 is 1. The van der Waals surface area contributed by atoms with Gasteiger partial charge in [0.2, 0.25) is 5.91 Å². The van der Waals surface area contributed by atoms with E-state index in [1.165, 1.54) is 7.11 Å². The van der Waals surface area contributed by atoms with E-state index in [2.05, 4.69) is 16.0 Å². The Hall–Kier alpha value is -2.77. The van der Waals surface area contributed by atoms with Crippen LogP contribution in [0.4, 0.5) is 11.4 Å². The molecular formula is C21H24ClN3O4. The number of rotatable bonds is 8. The minimum atomic E-state index is -0.218. The molecule has 3 N–H and O–H groups in total. The zero-order valence-electron chi connectivity index (χ0n) is 16.2.